The molecule has 0 bridgehead atoms. The van der Waals surface area contributed by atoms with Gasteiger partial charge in [-0.15, -0.1) is 0 Å². The van der Waals surface area contributed by atoms with Crippen LogP contribution >= 0.6 is 22.9 Å². The lowest BCUT2D eigenvalue weighted by molar-refractivity contribution is -0.113. The van der Waals surface area contributed by atoms with Crippen molar-refractivity contribution in [3.8, 4) is 5.75 Å². The third-order valence-electron chi connectivity index (χ3n) is 7.19. The van der Waals surface area contributed by atoms with E-state index in [1.54, 1.807) is 6.20 Å². The van der Waals surface area contributed by atoms with Crippen molar-refractivity contribution >= 4 is 55.6 Å². The van der Waals surface area contributed by atoms with E-state index >= 15 is 0 Å². The first-order valence-corrected chi connectivity index (χ1v) is 15.5. The highest BCUT2D eigenvalue weighted by molar-refractivity contribution is 7.22. The van der Waals surface area contributed by atoms with Crippen molar-refractivity contribution in [2.45, 2.75) is 52.1 Å². The molecule has 1 amide bonds. The Morgan fingerprint density at radius 3 is 2.71 bits per heavy atom. The van der Waals surface area contributed by atoms with Crippen molar-refractivity contribution in [2.75, 3.05) is 30.3 Å². The van der Waals surface area contributed by atoms with Crippen LogP contribution in [0.3, 0.4) is 0 Å². The highest BCUT2D eigenvalue weighted by Gasteiger charge is 2.13. The molecular weight excluding hydrogens is 554 g/mol. The minimum Gasteiger partial charge on any atom is -0.486 e. The number of likely N-dealkylation sites (tertiary alicyclic amines) is 1. The number of benzene rings is 2. The van der Waals surface area contributed by atoms with Crippen molar-refractivity contribution < 1.29 is 9.53 Å². The first-order valence-electron chi connectivity index (χ1n) is 14.3. The zero-order valence-electron chi connectivity index (χ0n) is 23.4. The summed E-state index contributed by atoms with van der Waals surface area (Å²) in [5.74, 6) is 0.558. The first-order chi connectivity index (χ1) is 20.1. The Balaban J connectivity index is 1.14. The van der Waals surface area contributed by atoms with Crippen molar-refractivity contribution in [3.05, 3.63) is 83.2 Å². The fourth-order valence-corrected chi connectivity index (χ4v) is 6.10. The number of thiazole rings is 1. The van der Waals surface area contributed by atoms with Gasteiger partial charge in [0, 0.05) is 23.1 Å². The lowest BCUT2D eigenvalue weighted by atomic mass is 10.1. The molecule has 1 fully saturated rings. The van der Waals surface area contributed by atoms with Crippen LogP contribution in [-0.4, -0.2) is 40.4 Å². The van der Waals surface area contributed by atoms with Gasteiger partial charge in [-0.25, -0.2) is 4.98 Å². The third kappa shape index (κ3) is 8.28. The molecular formula is C32H36ClN5O2S. The SMILES string of the molecule is CC=C(CCCCN1CCCCC1)C(=O)Nc1ccc2nc(Nc3ccc(OCc4ccccn4)c(Cl)c3)sc2c1. The van der Waals surface area contributed by atoms with Gasteiger partial charge in [0.25, 0.3) is 5.91 Å². The van der Waals surface area contributed by atoms with E-state index in [1.807, 2.05) is 67.6 Å². The number of carbonyl (C=O) groups is 1. The summed E-state index contributed by atoms with van der Waals surface area (Å²) in [6.07, 6.45) is 10.6. The summed E-state index contributed by atoms with van der Waals surface area (Å²) in [5.41, 5.74) is 4.11. The Morgan fingerprint density at radius 2 is 1.93 bits per heavy atom. The molecule has 2 N–H and O–H groups in total. The molecule has 3 heterocycles. The number of piperidine rings is 1. The number of hydrogen-bond donors (Lipinski definition) is 2. The molecule has 7 nitrogen and oxygen atoms in total. The molecule has 0 spiro atoms. The number of halogens is 1. The molecule has 0 atom stereocenters. The number of hydrogen-bond acceptors (Lipinski definition) is 7. The second-order valence-corrected chi connectivity index (χ2v) is 11.6. The number of ether oxygens (including phenoxy) is 1. The number of unbranched alkanes of at least 4 members (excludes halogenated alkanes) is 1. The Labute approximate surface area is 250 Å². The number of nitrogens with zero attached hydrogens (tertiary/aromatic N) is 3. The van der Waals surface area contributed by atoms with E-state index in [9.17, 15) is 4.79 Å². The van der Waals surface area contributed by atoms with Crippen LogP contribution in [0.15, 0.2) is 72.4 Å². The van der Waals surface area contributed by atoms with Crippen LogP contribution in [0.2, 0.25) is 5.02 Å². The highest BCUT2D eigenvalue weighted by Crippen LogP contribution is 2.33. The van der Waals surface area contributed by atoms with Gasteiger partial charge in [-0.3, -0.25) is 9.78 Å². The quantitative estimate of drug-likeness (QED) is 0.128. The van der Waals surface area contributed by atoms with E-state index < -0.39 is 0 Å². The second-order valence-electron chi connectivity index (χ2n) is 10.2. The summed E-state index contributed by atoms with van der Waals surface area (Å²) in [6.45, 7) is 5.85. The van der Waals surface area contributed by atoms with Crippen LogP contribution in [0.1, 0.15) is 51.1 Å². The second kappa shape index (κ2) is 14.4. The first kappa shape index (κ1) is 29.0. The number of fused-ring (bicyclic) bond motifs is 1. The molecule has 0 radical (unpaired) electrons. The Kier molecular flexibility index (Phi) is 10.2. The molecule has 5 rings (SSSR count). The maximum atomic E-state index is 13.0. The number of amides is 1. The van der Waals surface area contributed by atoms with Crippen LogP contribution < -0.4 is 15.4 Å². The molecule has 9 heteroatoms. The van der Waals surface area contributed by atoms with Gasteiger partial charge in [-0.2, -0.15) is 0 Å². The predicted molar refractivity (Wildman–Crippen MR) is 169 cm³/mol. The monoisotopic (exact) mass is 589 g/mol. The van der Waals surface area contributed by atoms with E-state index in [1.165, 1.54) is 43.7 Å². The predicted octanol–water partition coefficient (Wildman–Crippen LogP) is 8.21. The van der Waals surface area contributed by atoms with Crippen molar-refractivity contribution in [1.82, 2.24) is 14.9 Å². The van der Waals surface area contributed by atoms with E-state index in [2.05, 4.69) is 20.5 Å². The summed E-state index contributed by atoms with van der Waals surface area (Å²) in [6, 6.07) is 17.1. The van der Waals surface area contributed by atoms with E-state index in [0.717, 1.165) is 63.8 Å². The fourth-order valence-electron chi connectivity index (χ4n) is 4.94. The Hall–Kier alpha value is -3.46. The molecule has 0 unspecified atom stereocenters. The average molecular weight is 590 g/mol. The average Bonchev–Trinajstić information content (AvgIpc) is 3.39. The molecule has 2 aromatic heterocycles. The van der Waals surface area contributed by atoms with Gasteiger partial charge in [0.1, 0.15) is 12.4 Å². The van der Waals surface area contributed by atoms with E-state index in [-0.39, 0.29) is 5.91 Å². The zero-order chi connectivity index (χ0) is 28.4. The minimum absolute atomic E-state index is 0.0346. The topological polar surface area (TPSA) is 79.4 Å². The summed E-state index contributed by atoms with van der Waals surface area (Å²) >= 11 is 7.99. The number of aromatic nitrogens is 2. The molecule has 214 valence electrons. The van der Waals surface area contributed by atoms with Crippen molar-refractivity contribution in [3.63, 3.8) is 0 Å². The molecule has 1 saturated heterocycles. The number of allylic oxidation sites excluding steroid dienone is 1. The maximum absolute atomic E-state index is 13.0. The third-order valence-corrected chi connectivity index (χ3v) is 8.42. The number of nitrogens with one attached hydrogen (secondary N) is 2. The lowest BCUT2D eigenvalue weighted by Crippen LogP contribution is -2.30. The highest BCUT2D eigenvalue weighted by atomic mass is 35.5. The molecule has 41 heavy (non-hydrogen) atoms. The largest absolute Gasteiger partial charge is 0.486 e. The van der Waals surface area contributed by atoms with Gasteiger partial charge in [-0.05, 0) is 107 Å². The van der Waals surface area contributed by atoms with Gasteiger partial charge in [0.05, 0.1) is 20.9 Å². The molecule has 4 aromatic rings. The van der Waals surface area contributed by atoms with Gasteiger partial charge in [0.2, 0.25) is 0 Å². The fraction of sp³-hybridized carbons (Fsp3) is 0.344. The summed E-state index contributed by atoms with van der Waals surface area (Å²) in [7, 11) is 0. The van der Waals surface area contributed by atoms with E-state index in [0.29, 0.717) is 17.4 Å². The van der Waals surface area contributed by atoms with Gasteiger partial charge in [0.15, 0.2) is 5.13 Å². The van der Waals surface area contributed by atoms with Crippen LogP contribution in [0, 0.1) is 0 Å². The van der Waals surface area contributed by atoms with Gasteiger partial charge < -0.3 is 20.3 Å². The normalized spacial score (nSPS) is 14.2. The van der Waals surface area contributed by atoms with Gasteiger partial charge >= 0.3 is 0 Å². The lowest BCUT2D eigenvalue weighted by Gasteiger charge is -2.26. The van der Waals surface area contributed by atoms with Gasteiger partial charge in [-0.1, -0.05) is 41.5 Å². The Bertz CT molecular complexity index is 1480. The summed E-state index contributed by atoms with van der Waals surface area (Å²) in [4.78, 5) is 24.5. The van der Waals surface area contributed by atoms with Crippen molar-refractivity contribution in [1.29, 1.82) is 0 Å². The van der Waals surface area contributed by atoms with Crippen molar-refractivity contribution in [2.24, 2.45) is 0 Å². The number of carbonyl (C=O) groups excluding carboxylic acids is 1. The molecule has 1 aliphatic rings. The minimum atomic E-state index is -0.0346. The number of anilines is 3. The molecule has 0 saturated carbocycles. The smallest absolute Gasteiger partial charge is 0.251 e. The van der Waals surface area contributed by atoms with Crippen LogP contribution in [0.5, 0.6) is 5.75 Å². The zero-order valence-corrected chi connectivity index (χ0v) is 24.9. The standard InChI is InChI=1S/C32H36ClN5O2S/c1-2-23(10-5-9-19-38-17-7-3-8-18-38)31(39)35-25-12-14-28-30(21-25)41-32(37-28)36-24-13-15-29(27(33)20-24)40-22-26-11-4-6-16-34-26/h2,4,6,11-16,20-21H,3,5,7-10,17-19,22H2,1H3,(H,35,39)(H,36,37). The van der Waals surface area contributed by atoms with Crippen LogP contribution in [-0.2, 0) is 11.4 Å². The maximum Gasteiger partial charge on any atom is 0.251 e. The Morgan fingerprint density at radius 1 is 1.07 bits per heavy atom. The summed E-state index contributed by atoms with van der Waals surface area (Å²) in [5, 5.41) is 7.65. The van der Waals surface area contributed by atoms with Crippen LogP contribution in [0.25, 0.3) is 10.2 Å². The number of pyridine rings is 1. The molecule has 0 aliphatic carbocycles. The summed E-state index contributed by atoms with van der Waals surface area (Å²) < 4.78 is 6.80. The van der Waals surface area contributed by atoms with Crippen LogP contribution in [0.4, 0.5) is 16.5 Å². The molecule has 2 aromatic carbocycles. The number of rotatable bonds is 12. The van der Waals surface area contributed by atoms with E-state index in [4.69, 9.17) is 21.3 Å². The molecule has 1 aliphatic heterocycles.